The SMILES string of the molecule is CC(C)NS(=O)(=O)c1ccc(NC2(CN)CC2)cc1. The smallest absolute Gasteiger partial charge is 0.240 e. The fourth-order valence-corrected chi connectivity index (χ4v) is 3.18. The van der Waals surface area contributed by atoms with Gasteiger partial charge in [-0.25, -0.2) is 13.1 Å². The maximum atomic E-state index is 12.0. The first kappa shape index (κ1) is 14.3. The number of hydrogen-bond acceptors (Lipinski definition) is 4. The summed E-state index contributed by atoms with van der Waals surface area (Å²) in [6.45, 7) is 4.19. The average Bonchev–Trinajstić information content (AvgIpc) is 3.09. The Balaban J connectivity index is 2.10. The Labute approximate surface area is 114 Å². The van der Waals surface area contributed by atoms with Gasteiger partial charge in [0.25, 0.3) is 0 Å². The molecule has 1 saturated carbocycles. The maximum Gasteiger partial charge on any atom is 0.240 e. The van der Waals surface area contributed by atoms with Crippen LogP contribution < -0.4 is 15.8 Å². The quantitative estimate of drug-likeness (QED) is 0.734. The Morgan fingerprint density at radius 1 is 1.26 bits per heavy atom. The molecule has 0 saturated heterocycles. The molecular formula is C13H21N3O2S. The van der Waals surface area contributed by atoms with Crippen LogP contribution in [0.5, 0.6) is 0 Å². The van der Waals surface area contributed by atoms with Crippen LogP contribution in [0, 0.1) is 0 Å². The highest BCUT2D eigenvalue weighted by molar-refractivity contribution is 7.89. The molecule has 1 aromatic rings. The summed E-state index contributed by atoms with van der Waals surface area (Å²) in [5.74, 6) is 0. The third-order valence-corrected chi connectivity index (χ3v) is 4.88. The summed E-state index contributed by atoms with van der Waals surface area (Å²) in [4.78, 5) is 0.282. The third-order valence-electron chi connectivity index (χ3n) is 3.21. The van der Waals surface area contributed by atoms with Crippen molar-refractivity contribution in [1.29, 1.82) is 0 Å². The summed E-state index contributed by atoms with van der Waals surface area (Å²) in [7, 11) is -3.41. The van der Waals surface area contributed by atoms with E-state index in [1.54, 1.807) is 38.1 Å². The maximum absolute atomic E-state index is 12.0. The second kappa shape index (κ2) is 5.11. The van der Waals surface area contributed by atoms with E-state index in [1.165, 1.54) is 0 Å². The van der Waals surface area contributed by atoms with Gasteiger partial charge in [-0.2, -0.15) is 0 Å². The van der Waals surface area contributed by atoms with E-state index in [-0.39, 0.29) is 16.5 Å². The van der Waals surface area contributed by atoms with Crippen LogP contribution in [0.25, 0.3) is 0 Å². The van der Waals surface area contributed by atoms with Crippen molar-refractivity contribution in [2.45, 2.75) is 43.2 Å². The van der Waals surface area contributed by atoms with Crippen molar-refractivity contribution >= 4 is 15.7 Å². The van der Waals surface area contributed by atoms with E-state index in [0.29, 0.717) is 6.54 Å². The molecule has 1 aliphatic rings. The van der Waals surface area contributed by atoms with Crippen molar-refractivity contribution in [2.24, 2.45) is 5.73 Å². The van der Waals surface area contributed by atoms with Crippen LogP contribution in [-0.2, 0) is 10.0 Å². The van der Waals surface area contributed by atoms with Gasteiger partial charge in [-0.1, -0.05) is 0 Å². The standard InChI is InChI=1S/C13H21N3O2S/c1-10(2)16-19(17,18)12-5-3-11(4-6-12)15-13(9-14)7-8-13/h3-6,10,15-16H,7-9,14H2,1-2H3. The molecule has 0 bridgehead atoms. The first-order valence-electron chi connectivity index (χ1n) is 6.48. The lowest BCUT2D eigenvalue weighted by Gasteiger charge is -2.17. The summed E-state index contributed by atoms with van der Waals surface area (Å²) in [5, 5.41) is 3.36. The number of nitrogens with one attached hydrogen (secondary N) is 2. The average molecular weight is 283 g/mol. The molecule has 0 aromatic heterocycles. The van der Waals surface area contributed by atoms with Crippen LogP contribution in [0.1, 0.15) is 26.7 Å². The van der Waals surface area contributed by atoms with Crippen LogP contribution in [0.15, 0.2) is 29.2 Å². The number of benzene rings is 1. The van der Waals surface area contributed by atoms with E-state index in [1.807, 2.05) is 0 Å². The molecule has 2 rings (SSSR count). The van der Waals surface area contributed by atoms with Gasteiger partial charge in [-0.05, 0) is 51.0 Å². The van der Waals surface area contributed by atoms with Gasteiger partial charge in [0.05, 0.1) is 4.90 Å². The van der Waals surface area contributed by atoms with E-state index in [2.05, 4.69) is 10.0 Å². The molecule has 0 spiro atoms. The van der Waals surface area contributed by atoms with E-state index in [0.717, 1.165) is 18.5 Å². The predicted octanol–water partition coefficient (Wildman–Crippen LogP) is 1.28. The fourth-order valence-electron chi connectivity index (χ4n) is 1.93. The zero-order valence-corrected chi connectivity index (χ0v) is 12.1. The highest BCUT2D eigenvalue weighted by Gasteiger charge is 2.41. The normalized spacial score (nSPS) is 17.5. The predicted molar refractivity (Wildman–Crippen MR) is 76.5 cm³/mol. The molecule has 1 fully saturated rings. The number of hydrogen-bond donors (Lipinski definition) is 3. The van der Waals surface area contributed by atoms with Crippen molar-refractivity contribution in [1.82, 2.24) is 4.72 Å². The van der Waals surface area contributed by atoms with Gasteiger partial charge in [0.2, 0.25) is 10.0 Å². The molecule has 4 N–H and O–H groups in total. The van der Waals surface area contributed by atoms with Crippen LogP contribution in [0.3, 0.4) is 0 Å². The molecule has 0 atom stereocenters. The fraction of sp³-hybridized carbons (Fsp3) is 0.538. The number of rotatable bonds is 6. The molecule has 0 radical (unpaired) electrons. The van der Waals surface area contributed by atoms with Crippen LogP contribution in [0.4, 0.5) is 5.69 Å². The number of nitrogens with two attached hydrogens (primary N) is 1. The molecule has 0 unspecified atom stereocenters. The van der Waals surface area contributed by atoms with Crippen molar-refractivity contribution in [3.8, 4) is 0 Å². The van der Waals surface area contributed by atoms with Gasteiger partial charge in [-0.3, -0.25) is 0 Å². The largest absolute Gasteiger partial charge is 0.378 e. The zero-order chi connectivity index (χ0) is 14.1. The van der Waals surface area contributed by atoms with Crippen molar-refractivity contribution in [3.05, 3.63) is 24.3 Å². The first-order chi connectivity index (χ1) is 8.87. The third kappa shape index (κ3) is 3.46. The van der Waals surface area contributed by atoms with Crippen LogP contribution in [-0.4, -0.2) is 26.5 Å². The summed E-state index contributed by atoms with van der Waals surface area (Å²) in [6, 6.07) is 6.67. The summed E-state index contributed by atoms with van der Waals surface area (Å²) in [5.41, 5.74) is 6.64. The van der Waals surface area contributed by atoms with Gasteiger partial charge < -0.3 is 11.1 Å². The van der Waals surface area contributed by atoms with E-state index in [4.69, 9.17) is 5.73 Å². The molecule has 0 amide bonds. The molecular weight excluding hydrogens is 262 g/mol. The summed E-state index contributed by atoms with van der Waals surface area (Å²) >= 11 is 0. The lowest BCUT2D eigenvalue weighted by molar-refractivity contribution is 0.570. The lowest BCUT2D eigenvalue weighted by atomic mass is 10.2. The Morgan fingerprint density at radius 2 is 1.84 bits per heavy atom. The minimum absolute atomic E-state index is 0.0244. The molecule has 6 heteroatoms. The topological polar surface area (TPSA) is 84.2 Å². The molecule has 19 heavy (non-hydrogen) atoms. The van der Waals surface area contributed by atoms with Crippen LogP contribution in [0.2, 0.25) is 0 Å². The number of anilines is 1. The van der Waals surface area contributed by atoms with Gasteiger partial charge in [0.15, 0.2) is 0 Å². The van der Waals surface area contributed by atoms with E-state index >= 15 is 0 Å². The Kier molecular flexibility index (Phi) is 3.85. The zero-order valence-electron chi connectivity index (χ0n) is 11.3. The minimum Gasteiger partial charge on any atom is -0.378 e. The second-order valence-corrected chi connectivity index (χ2v) is 7.12. The highest BCUT2D eigenvalue weighted by Crippen LogP contribution is 2.37. The van der Waals surface area contributed by atoms with Gasteiger partial charge in [0.1, 0.15) is 0 Å². The molecule has 1 aromatic carbocycles. The first-order valence-corrected chi connectivity index (χ1v) is 7.96. The summed E-state index contributed by atoms with van der Waals surface area (Å²) < 4.78 is 26.5. The highest BCUT2D eigenvalue weighted by atomic mass is 32.2. The summed E-state index contributed by atoms with van der Waals surface area (Å²) in [6.07, 6.45) is 2.14. The molecule has 0 aliphatic heterocycles. The number of sulfonamides is 1. The van der Waals surface area contributed by atoms with Gasteiger partial charge in [0, 0.05) is 23.8 Å². The van der Waals surface area contributed by atoms with E-state index in [9.17, 15) is 8.42 Å². The van der Waals surface area contributed by atoms with Gasteiger partial charge in [-0.15, -0.1) is 0 Å². The van der Waals surface area contributed by atoms with Gasteiger partial charge >= 0.3 is 0 Å². The molecule has 106 valence electrons. The van der Waals surface area contributed by atoms with Crippen LogP contribution >= 0.6 is 0 Å². The molecule has 0 heterocycles. The van der Waals surface area contributed by atoms with E-state index < -0.39 is 10.0 Å². The Morgan fingerprint density at radius 3 is 2.26 bits per heavy atom. The minimum atomic E-state index is -3.41. The second-order valence-electron chi connectivity index (χ2n) is 5.41. The monoisotopic (exact) mass is 283 g/mol. The van der Waals surface area contributed by atoms with Crippen molar-refractivity contribution in [2.75, 3.05) is 11.9 Å². The molecule has 5 nitrogen and oxygen atoms in total. The van der Waals surface area contributed by atoms with Crippen molar-refractivity contribution in [3.63, 3.8) is 0 Å². The Hall–Kier alpha value is -1.11. The van der Waals surface area contributed by atoms with Crippen molar-refractivity contribution < 1.29 is 8.42 Å². The Bertz CT molecular complexity index is 534. The molecule has 1 aliphatic carbocycles. The lowest BCUT2D eigenvalue weighted by Crippen LogP contribution is -2.31.